The summed E-state index contributed by atoms with van der Waals surface area (Å²) in [7, 11) is 0. The summed E-state index contributed by atoms with van der Waals surface area (Å²) in [5, 5.41) is 9.57. The quantitative estimate of drug-likeness (QED) is 0.429. The normalized spacial score (nSPS) is 28.5. The lowest BCUT2D eigenvalue weighted by Gasteiger charge is -1.66. The molecule has 2 heteroatoms. The Morgan fingerprint density at radius 3 is 2.33 bits per heavy atom. The van der Waals surface area contributed by atoms with Crippen LogP contribution in [-0.4, -0.2) is 19.3 Å². The highest BCUT2D eigenvalue weighted by Gasteiger charge is 2.20. The van der Waals surface area contributed by atoms with Gasteiger partial charge >= 0.3 is 0 Å². The maximum atomic E-state index is 9.57. The molecule has 1 rings (SSSR count). The van der Waals surface area contributed by atoms with Crippen molar-refractivity contribution in [3.63, 3.8) is 0 Å². The fourth-order valence-electron chi connectivity index (χ4n) is 0.164. The molecular weight excluding hydrogens is 80.0 g/mol. The van der Waals surface area contributed by atoms with Crippen molar-refractivity contribution in [2.24, 2.45) is 0 Å². The van der Waals surface area contributed by atoms with Crippen LogP contribution < -0.4 is 0 Å². The van der Waals surface area contributed by atoms with Crippen LogP contribution in [0, 0.1) is 0 Å². The van der Waals surface area contributed by atoms with E-state index >= 15 is 0 Å². The van der Waals surface area contributed by atoms with Crippen molar-refractivity contribution < 1.29 is 9.84 Å². The fraction of sp³-hybridized carbons (Fsp3) is 1.00. The van der Waals surface area contributed by atoms with Crippen LogP contribution in [0.4, 0.5) is 0 Å². The van der Waals surface area contributed by atoms with E-state index in [9.17, 15) is 5.11 Å². The van der Waals surface area contributed by atoms with Gasteiger partial charge in [0.1, 0.15) is 12.7 Å². The molecule has 0 saturated carbocycles. The second-order valence-corrected chi connectivity index (χ2v) is 1.12. The van der Waals surface area contributed by atoms with Crippen LogP contribution in [0.5, 0.6) is 0 Å². The zero-order valence-electron chi connectivity index (χ0n) is 2.81. The molecule has 6 heavy (non-hydrogen) atoms. The molecule has 1 aliphatic heterocycles. The van der Waals surface area contributed by atoms with E-state index in [-0.39, 0.29) is 20.1 Å². The van der Waals surface area contributed by atoms with E-state index in [0.717, 1.165) is 0 Å². The summed E-state index contributed by atoms with van der Waals surface area (Å²) < 4.78 is 4.55. The Balaban J connectivity index is 0.000000250. The van der Waals surface area contributed by atoms with Crippen LogP contribution in [0.3, 0.4) is 0 Å². The number of hydrogen-bond acceptors (Lipinski definition) is 1. The standard InChI is InChI=1S/C3H5O2.CH4/c4-1-3-2-5-3;/h3H,1-2H2;1H4. The first-order valence-electron chi connectivity index (χ1n) is 1.63. The summed E-state index contributed by atoms with van der Waals surface area (Å²) in [6, 6.07) is 0. The largest absolute Gasteiger partial charge is 0.370 e. The van der Waals surface area contributed by atoms with Gasteiger partial charge in [-0.05, 0) is 0 Å². The lowest BCUT2D eigenvalue weighted by atomic mass is 10.5. The third-order valence-electron chi connectivity index (χ3n) is 0.588. The Kier molecular flexibility index (Phi) is 2.13. The molecule has 0 N–H and O–H groups in total. The first-order chi connectivity index (χ1) is 2.43. The van der Waals surface area contributed by atoms with Crippen molar-refractivity contribution in [2.75, 3.05) is 13.2 Å². The van der Waals surface area contributed by atoms with E-state index in [1.165, 1.54) is 0 Å². The van der Waals surface area contributed by atoms with Gasteiger partial charge in [0.2, 0.25) is 0 Å². The lowest BCUT2D eigenvalue weighted by molar-refractivity contribution is 0.164. The van der Waals surface area contributed by atoms with E-state index in [1.54, 1.807) is 0 Å². The van der Waals surface area contributed by atoms with E-state index < -0.39 is 0 Å². The van der Waals surface area contributed by atoms with E-state index in [2.05, 4.69) is 4.74 Å². The average molecular weight is 89.1 g/mol. The predicted octanol–water partition coefficient (Wildman–Crippen LogP) is 0.452. The SMILES string of the molecule is C.[O]CC1CO1. The van der Waals surface area contributed by atoms with Gasteiger partial charge in [-0.25, -0.2) is 5.11 Å². The summed E-state index contributed by atoms with van der Waals surface area (Å²) >= 11 is 0. The first kappa shape index (κ1) is 5.92. The van der Waals surface area contributed by atoms with Crippen molar-refractivity contribution in [3.05, 3.63) is 0 Å². The summed E-state index contributed by atoms with van der Waals surface area (Å²) in [6.45, 7) is 0.642. The zero-order valence-corrected chi connectivity index (χ0v) is 2.81. The van der Waals surface area contributed by atoms with Gasteiger partial charge in [0.15, 0.2) is 0 Å². The molecule has 0 bridgehead atoms. The average Bonchev–Trinajstić information content (AvgIpc) is 2.12. The molecule has 1 radical (unpaired) electrons. The topological polar surface area (TPSA) is 32.4 Å². The van der Waals surface area contributed by atoms with Gasteiger partial charge in [-0.15, -0.1) is 0 Å². The Morgan fingerprint density at radius 2 is 2.33 bits per heavy atom. The van der Waals surface area contributed by atoms with Gasteiger partial charge in [0.25, 0.3) is 0 Å². The molecule has 0 spiro atoms. The highest BCUT2D eigenvalue weighted by atomic mass is 16.6. The summed E-state index contributed by atoms with van der Waals surface area (Å²) in [6.07, 6.45) is 0.0787. The van der Waals surface area contributed by atoms with Gasteiger partial charge in [-0.2, -0.15) is 0 Å². The van der Waals surface area contributed by atoms with Crippen molar-refractivity contribution in [2.45, 2.75) is 13.5 Å². The minimum atomic E-state index is -0.0556. The number of hydrogen-bond donors (Lipinski definition) is 0. The highest BCUT2D eigenvalue weighted by Crippen LogP contribution is 2.05. The summed E-state index contributed by atoms with van der Waals surface area (Å²) in [5.74, 6) is 0. The van der Waals surface area contributed by atoms with Crippen LogP contribution >= 0.6 is 0 Å². The number of rotatable bonds is 1. The van der Waals surface area contributed by atoms with Crippen molar-refractivity contribution >= 4 is 0 Å². The Hall–Kier alpha value is -0.0800. The van der Waals surface area contributed by atoms with Gasteiger partial charge in [-0.1, -0.05) is 7.43 Å². The minimum Gasteiger partial charge on any atom is -0.370 e. The molecule has 0 aromatic heterocycles. The first-order valence-corrected chi connectivity index (χ1v) is 1.63. The molecule has 0 amide bonds. The second kappa shape index (κ2) is 2.16. The molecule has 2 nitrogen and oxygen atoms in total. The Labute approximate surface area is 37.7 Å². The third-order valence-corrected chi connectivity index (χ3v) is 0.588. The predicted molar refractivity (Wildman–Crippen MR) is 22.0 cm³/mol. The minimum absolute atomic E-state index is 0. The van der Waals surface area contributed by atoms with E-state index in [1.807, 2.05) is 0 Å². The Bertz CT molecular complexity index is 32.5. The van der Waals surface area contributed by atoms with E-state index in [4.69, 9.17) is 0 Å². The molecule has 0 aromatic rings. The van der Waals surface area contributed by atoms with Crippen molar-refractivity contribution in [1.82, 2.24) is 0 Å². The lowest BCUT2D eigenvalue weighted by Crippen LogP contribution is -1.86. The van der Waals surface area contributed by atoms with Crippen LogP contribution in [0.1, 0.15) is 7.43 Å². The number of ether oxygens (including phenoxy) is 1. The molecule has 1 saturated heterocycles. The molecule has 37 valence electrons. The molecule has 1 atom stereocenters. The zero-order chi connectivity index (χ0) is 3.70. The molecule has 0 aliphatic carbocycles. The van der Waals surface area contributed by atoms with Gasteiger partial charge in [0, 0.05) is 0 Å². The monoisotopic (exact) mass is 89.1 g/mol. The smallest absolute Gasteiger partial charge is 0.111 e. The molecule has 1 fully saturated rings. The summed E-state index contributed by atoms with van der Waals surface area (Å²) in [4.78, 5) is 0. The molecule has 1 unspecified atom stereocenters. The van der Waals surface area contributed by atoms with Gasteiger partial charge in [-0.3, -0.25) is 0 Å². The summed E-state index contributed by atoms with van der Waals surface area (Å²) in [5.41, 5.74) is 0. The third kappa shape index (κ3) is 1.38. The van der Waals surface area contributed by atoms with Gasteiger partial charge in [0.05, 0.1) is 6.61 Å². The molecular formula is C4H9O2. The van der Waals surface area contributed by atoms with Gasteiger partial charge < -0.3 is 4.74 Å². The van der Waals surface area contributed by atoms with Crippen LogP contribution in [0.15, 0.2) is 0 Å². The van der Waals surface area contributed by atoms with Crippen LogP contribution in [-0.2, 0) is 9.84 Å². The Morgan fingerprint density at radius 1 is 1.83 bits per heavy atom. The van der Waals surface area contributed by atoms with Crippen molar-refractivity contribution in [1.29, 1.82) is 0 Å². The number of epoxide rings is 1. The van der Waals surface area contributed by atoms with Crippen LogP contribution in [0.25, 0.3) is 0 Å². The maximum Gasteiger partial charge on any atom is 0.111 e. The molecule has 1 aliphatic rings. The maximum absolute atomic E-state index is 9.57. The molecule has 0 aromatic carbocycles. The van der Waals surface area contributed by atoms with Crippen LogP contribution in [0.2, 0.25) is 0 Å². The molecule has 1 heterocycles. The second-order valence-electron chi connectivity index (χ2n) is 1.12. The highest BCUT2D eigenvalue weighted by molar-refractivity contribution is 4.64. The van der Waals surface area contributed by atoms with Crippen molar-refractivity contribution in [3.8, 4) is 0 Å². The fourth-order valence-corrected chi connectivity index (χ4v) is 0.164. The van der Waals surface area contributed by atoms with E-state index in [0.29, 0.717) is 6.61 Å².